The Balaban J connectivity index is 0.000000980. The largest absolute Gasteiger partial charge is 0.345 e. The Morgan fingerprint density at radius 3 is 2.62 bits per heavy atom. The second-order valence-electron chi connectivity index (χ2n) is 3.25. The number of imidazole rings is 1. The molecule has 1 aromatic heterocycles. The van der Waals surface area contributed by atoms with Gasteiger partial charge in [-0.15, -0.1) is 0 Å². The molecule has 0 saturated carbocycles. The van der Waals surface area contributed by atoms with Crippen molar-refractivity contribution in [3.63, 3.8) is 0 Å². The van der Waals surface area contributed by atoms with Gasteiger partial charge >= 0.3 is 0 Å². The van der Waals surface area contributed by atoms with Crippen molar-refractivity contribution in [3.8, 4) is 0 Å². The Morgan fingerprint density at radius 2 is 1.92 bits per heavy atom. The summed E-state index contributed by atoms with van der Waals surface area (Å²) in [4.78, 5) is 7.38. The molecule has 13 heavy (non-hydrogen) atoms. The number of aromatic nitrogens is 2. The highest BCUT2D eigenvalue weighted by molar-refractivity contribution is 5.76. The van der Waals surface area contributed by atoms with Gasteiger partial charge in [0, 0.05) is 1.43 Å². The third-order valence-corrected chi connectivity index (χ3v) is 2.50. The summed E-state index contributed by atoms with van der Waals surface area (Å²) in [5, 5.41) is 0. The number of hydrogen-bond donors (Lipinski definition) is 1. The van der Waals surface area contributed by atoms with Crippen molar-refractivity contribution in [1.82, 2.24) is 9.97 Å². The fourth-order valence-corrected chi connectivity index (χ4v) is 1.73. The van der Waals surface area contributed by atoms with Crippen molar-refractivity contribution in [1.29, 1.82) is 0 Å². The van der Waals surface area contributed by atoms with Gasteiger partial charge in [0.1, 0.15) is 0 Å². The summed E-state index contributed by atoms with van der Waals surface area (Å²) >= 11 is 0. The first-order chi connectivity index (χ1) is 6.35. The van der Waals surface area contributed by atoms with E-state index < -0.39 is 0 Å². The molecule has 0 atom stereocenters. The van der Waals surface area contributed by atoms with E-state index in [1.165, 1.54) is 11.1 Å². The van der Waals surface area contributed by atoms with Crippen LogP contribution < -0.4 is 0 Å². The highest BCUT2D eigenvalue weighted by Crippen LogP contribution is 2.18. The molecule has 0 bridgehead atoms. The molecule has 0 radical (unpaired) electrons. The van der Waals surface area contributed by atoms with E-state index in [4.69, 9.17) is 0 Å². The molecule has 0 aliphatic carbocycles. The lowest BCUT2D eigenvalue weighted by Gasteiger charge is -2.04. The van der Waals surface area contributed by atoms with Crippen molar-refractivity contribution in [3.05, 3.63) is 29.6 Å². The molecule has 2 rings (SSSR count). The first-order valence-electron chi connectivity index (χ1n) is 4.80. The summed E-state index contributed by atoms with van der Waals surface area (Å²) < 4.78 is 0. The van der Waals surface area contributed by atoms with Gasteiger partial charge < -0.3 is 4.98 Å². The zero-order valence-corrected chi connectivity index (χ0v) is 8.09. The lowest BCUT2D eigenvalue weighted by Crippen LogP contribution is -1.90. The van der Waals surface area contributed by atoms with Crippen LogP contribution in [0.25, 0.3) is 11.0 Å². The van der Waals surface area contributed by atoms with E-state index >= 15 is 0 Å². The van der Waals surface area contributed by atoms with Crippen LogP contribution >= 0.6 is 0 Å². The van der Waals surface area contributed by atoms with Gasteiger partial charge in [0.25, 0.3) is 0 Å². The topological polar surface area (TPSA) is 28.7 Å². The maximum atomic E-state index is 4.25. The number of aromatic amines is 1. The van der Waals surface area contributed by atoms with Crippen LogP contribution in [0, 0.1) is 0 Å². The van der Waals surface area contributed by atoms with E-state index in [0.717, 1.165) is 23.9 Å². The summed E-state index contributed by atoms with van der Waals surface area (Å²) in [7, 11) is 0. The normalized spacial score (nSPS) is 10.9. The standard InChI is InChI=1S/C11H14N2.H2/c1-3-8-5-10-11(13-7-12-10)6-9(8)4-2;/h5-7H,3-4H2,1-2H3,(H,12,13);1H. The Hall–Kier alpha value is -1.31. The van der Waals surface area contributed by atoms with Crippen LogP contribution in [0.2, 0.25) is 0 Å². The summed E-state index contributed by atoms with van der Waals surface area (Å²) in [5.41, 5.74) is 5.07. The molecular weight excluding hydrogens is 160 g/mol. The van der Waals surface area contributed by atoms with Crippen molar-refractivity contribution >= 4 is 11.0 Å². The van der Waals surface area contributed by atoms with Crippen LogP contribution in [-0.2, 0) is 12.8 Å². The molecule has 1 heterocycles. The zero-order valence-electron chi connectivity index (χ0n) is 8.09. The van der Waals surface area contributed by atoms with E-state index in [1.54, 1.807) is 6.33 Å². The zero-order chi connectivity index (χ0) is 9.26. The molecule has 1 aromatic carbocycles. The number of nitrogens with zero attached hydrogens (tertiary/aromatic N) is 1. The Bertz CT molecular complexity index is 382. The third-order valence-electron chi connectivity index (χ3n) is 2.50. The summed E-state index contributed by atoms with van der Waals surface area (Å²) in [6, 6.07) is 4.39. The smallest absolute Gasteiger partial charge is 0.0931 e. The number of nitrogens with one attached hydrogen (secondary N) is 1. The molecule has 2 aromatic rings. The Labute approximate surface area is 79.5 Å². The van der Waals surface area contributed by atoms with Gasteiger partial charge in [-0.05, 0) is 36.1 Å². The first-order valence-corrected chi connectivity index (χ1v) is 4.80. The molecule has 0 amide bonds. The van der Waals surface area contributed by atoms with Crippen LogP contribution in [0.3, 0.4) is 0 Å². The number of rotatable bonds is 2. The minimum atomic E-state index is 0. The molecule has 0 saturated heterocycles. The minimum absolute atomic E-state index is 0. The van der Waals surface area contributed by atoms with Gasteiger partial charge in [-0.1, -0.05) is 13.8 Å². The molecule has 0 unspecified atom stereocenters. The van der Waals surface area contributed by atoms with Gasteiger partial charge in [0.2, 0.25) is 0 Å². The van der Waals surface area contributed by atoms with E-state index in [-0.39, 0.29) is 1.43 Å². The van der Waals surface area contributed by atoms with E-state index in [2.05, 4.69) is 35.9 Å². The quantitative estimate of drug-likeness (QED) is 0.748. The van der Waals surface area contributed by atoms with Gasteiger partial charge in [-0.2, -0.15) is 0 Å². The molecule has 1 N–H and O–H groups in total. The fourth-order valence-electron chi connectivity index (χ4n) is 1.73. The summed E-state index contributed by atoms with van der Waals surface area (Å²) in [5.74, 6) is 0. The van der Waals surface area contributed by atoms with Crippen LogP contribution in [0.1, 0.15) is 26.4 Å². The number of fused-ring (bicyclic) bond motifs is 1. The number of benzene rings is 1. The van der Waals surface area contributed by atoms with Crippen molar-refractivity contribution in [2.24, 2.45) is 0 Å². The molecule has 2 heteroatoms. The average Bonchev–Trinajstić information content (AvgIpc) is 2.62. The summed E-state index contributed by atoms with van der Waals surface area (Å²) in [6.45, 7) is 4.38. The number of hydrogen-bond acceptors (Lipinski definition) is 1. The second kappa shape index (κ2) is 3.21. The Kier molecular flexibility index (Phi) is 2.05. The predicted molar refractivity (Wildman–Crippen MR) is 57.0 cm³/mol. The maximum Gasteiger partial charge on any atom is 0.0931 e. The van der Waals surface area contributed by atoms with Crippen molar-refractivity contribution in [2.45, 2.75) is 26.7 Å². The SMILES string of the molecule is CCc1cc2nc[nH]c2cc1CC.[HH]. The average molecular weight is 176 g/mol. The van der Waals surface area contributed by atoms with E-state index in [1.807, 2.05) is 0 Å². The van der Waals surface area contributed by atoms with Gasteiger partial charge in [-0.3, -0.25) is 0 Å². The number of H-pyrrole nitrogens is 1. The summed E-state index contributed by atoms with van der Waals surface area (Å²) in [6.07, 6.45) is 3.94. The van der Waals surface area contributed by atoms with Gasteiger partial charge in [-0.25, -0.2) is 4.98 Å². The van der Waals surface area contributed by atoms with E-state index in [9.17, 15) is 0 Å². The second-order valence-corrected chi connectivity index (χ2v) is 3.25. The van der Waals surface area contributed by atoms with Crippen LogP contribution in [0.5, 0.6) is 0 Å². The highest BCUT2D eigenvalue weighted by atomic mass is 14.9. The first kappa shape index (κ1) is 8.30. The molecule has 0 aliphatic rings. The monoisotopic (exact) mass is 176 g/mol. The molecule has 0 spiro atoms. The maximum absolute atomic E-state index is 4.25. The van der Waals surface area contributed by atoms with Crippen molar-refractivity contribution in [2.75, 3.05) is 0 Å². The van der Waals surface area contributed by atoms with E-state index in [0.29, 0.717) is 0 Å². The fraction of sp³-hybridized carbons (Fsp3) is 0.364. The Morgan fingerprint density at radius 1 is 1.23 bits per heavy atom. The molecule has 0 fully saturated rings. The molecule has 2 nitrogen and oxygen atoms in total. The third kappa shape index (κ3) is 1.32. The minimum Gasteiger partial charge on any atom is -0.345 e. The predicted octanol–water partition coefficient (Wildman–Crippen LogP) is 2.93. The lowest BCUT2D eigenvalue weighted by atomic mass is 10.0. The molecule has 0 aliphatic heterocycles. The molecule has 70 valence electrons. The molecular formula is C11H16N2. The highest BCUT2D eigenvalue weighted by Gasteiger charge is 2.02. The number of aryl methyl sites for hydroxylation is 2. The lowest BCUT2D eigenvalue weighted by molar-refractivity contribution is 1.04. The van der Waals surface area contributed by atoms with Gasteiger partial charge in [0.15, 0.2) is 0 Å². The van der Waals surface area contributed by atoms with Crippen LogP contribution in [-0.4, -0.2) is 9.97 Å². The van der Waals surface area contributed by atoms with Crippen LogP contribution in [0.15, 0.2) is 18.5 Å². The van der Waals surface area contributed by atoms with Crippen LogP contribution in [0.4, 0.5) is 0 Å². The van der Waals surface area contributed by atoms with Crippen molar-refractivity contribution < 1.29 is 1.43 Å². The van der Waals surface area contributed by atoms with Gasteiger partial charge in [0.05, 0.1) is 17.4 Å².